The standard InChI is InChI=1S/C20H29Si.2ClH.Hf.H2N/c1-6-18(19(2,3)4)20(5,16-12-10-11-13-16)21-17-14-8-7-9-15-17;;;;/h7-12,14-15H,6,13,21H2,1-5H3;2*1H;;1H2/q-1;;;+4;-1/p-2. The maximum absolute atomic E-state index is 2.51. The van der Waals surface area contributed by atoms with E-state index in [2.05, 4.69) is 83.2 Å². The minimum atomic E-state index is -0.407. The Morgan fingerprint density at radius 1 is 1.04 bits per heavy atom. The second-order valence-corrected chi connectivity index (χ2v) is 9.99. The second-order valence-electron chi connectivity index (χ2n) is 7.40. The summed E-state index contributed by atoms with van der Waals surface area (Å²) in [5, 5.41) is 1.86. The van der Waals surface area contributed by atoms with E-state index >= 15 is 0 Å². The third-order valence-corrected chi connectivity index (χ3v) is 7.27. The monoisotopic (exact) mass is 563 g/mol. The molecule has 0 heterocycles. The fraction of sp³-hybridized carbons (Fsp3) is 0.450. The largest absolute Gasteiger partial charge is 4.00 e. The quantitative estimate of drug-likeness (QED) is 0.336. The van der Waals surface area contributed by atoms with Crippen molar-refractivity contribution in [2.45, 2.75) is 52.5 Å². The summed E-state index contributed by atoms with van der Waals surface area (Å²) in [7, 11) is -0.407. The van der Waals surface area contributed by atoms with Crippen LogP contribution in [0.2, 0.25) is 5.04 Å². The van der Waals surface area contributed by atoms with Crippen molar-refractivity contribution in [3.63, 3.8) is 0 Å². The molecule has 0 spiro atoms. The van der Waals surface area contributed by atoms with Gasteiger partial charge in [-0.2, -0.15) is 11.8 Å². The van der Waals surface area contributed by atoms with Crippen molar-refractivity contribution in [2.24, 2.45) is 5.41 Å². The van der Waals surface area contributed by atoms with Crippen LogP contribution >= 0.6 is 0 Å². The van der Waals surface area contributed by atoms with E-state index in [4.69, 9.17) is 0 Å². The van der Waals surface area contributed by atoms with Gasteiger partial charge in [-0.25, -0.2) is 0 Å². The van der Waals surface area contributed by atoms with Gasteiger partial charge < -0.3 is 36.9 Å². The molecule has 0 aromatic heterocycles. The molecule has 5 heteroatoms. The summed E-state index contributed by atoms with van der Waals surface area (Å²) in [4.78, 5) is 0. The molecule has 138 valence electrons. The van der Waals surface area contributed by atoms with Gasteiger partial charge in [0.15, 0.2) is 0 Å². The molecule has 0 aliphatic heterocycles. The number of rotatable bonds is 5. The van der Waals surface area contributed by atoms with Crippen LogP contribution in [-0.2, 0) is 25.8 Å². The van der Waals surface area contributed by atoms with Crippen molar-refractivity contribution in [1.29, 1.82) is 0 Å². The zero-order valence-corrected chi connectivity index (χ0v) is 22.6. The molecular weight excluding hydrogens is 532 g/mol. The molecule has 25 heavy (non-hydrogen) atoms. The summed E-state index contributed by atoms with van der Waals surface area (Å²) >= 11 is 0. The maximum atomic E-state index is 2.51. The predicted octanol–water partition coefficient (Wildman–Crippen LogP) is -0.701. The van der Waals surface area contributed by atoms with Gasteiger partial charge in [-0.1, -0.05) is 93.9 Å². The minimum absolute atomic E-state index is 0. The summed E-state index contributed by atoms with van der Waals surface area (Å²) in [5.74, 6) is 1.72. The molecule has 0 bridgehead atoms. The number of halogens is 2. The van der Waals surface area contributed by atoms with E-state index in [1.807, 2.05) is 0 Å². The van der Waals surface area contributed by atoms with E-state index in [1.165, 1.54) is 6.42 Å². The molecule has 2 N–H and O–H groups in total. The Bertz CT molecular complexity index is 540. The average molecular weight is 563 g/mol. The predicted molar refractivity (Wildman–Crippen MR) is 103 cm³/mol. The number of nitrogens with two attached hydrogens (primary N) is 1. The first-order valence-electron chi connectivity index (χ1n) is 8.15. The van der Waals surface area contributed by atoms with Gasteiger partial charge in [0, 0.05) is 9.52 Å². The molecule has 1 aromatic rings. The Hall–Kier alpha value is 0.327. The molecule has 1 unspecified atom stereocenters. The van der Waals surface area contributed by atoms with Gasteiger partial charge in [0.05, 0.1) is 0 Å². The minimum Gasteiger partial charge on any atom is -1.00 e. The third kappa shape index (κ3) is 7.46. The number of hydrogen-bond donors (Lipinski definition) is 0. The Morgan fingerprint density at radius 2 is 1.60 bits per heavy atom. The van der Waals surface area contributed by atoms with Crippen molar-refractivity contribution in [2.75, 3.05) is 0 Å². The molecule has 2 rings (SSSR count). The van der Waals surface area contributed by atoms with Crippen LogP contribution in [0.5, 0.6) is 0 Å². The molecule has 1 aliphatic rings. The smallest absolute Gasteiger partial charge is 1.00 e. The number of allylic oxidation sites excluding steroid dienone is 4. The molecule has 1 nitrogen and oxygen atoms in total. The first-order valence-corrected chi connectivity index (χ1v) is 9.56. The van der Waals surface area contributed by atoms with Crippen LogP contribution in [0.15, 0.2) is 54.1 Å². The van der Waals surface area contributed by atoms with Crippen molar-refractivity contribution in [3.8, 4) is 0 Å². The molecule has 1 aliphatic carbocycles. The van der Waals surface area contributed by atoms with Crippen LogP contribution < -0.4 is 30.0 Å². The topological polar surface area (TPSA) is 33.5 Å². The van der Waals surface area contributed by atoms with E-state index in [-0.39, 0.29) is 67.3 Å². The van der Waals surface area contributed by atoms with Crippen LogP contribution in [0.1, 0.15) is 47.5 Å². The molecule has 0 amide bonds. The number of hydrogen-bond acceptors (Lipinski definition) is 0. The van der Waals surface area contributed by atoms with Crippen LogP contribution in [0.3, 0.4) is 0 Å². The van der Waals surface area contributed by atoms with Gasteiger partial charge >= 0.3 is 25.8 Å². The summed E-state index contributed by atoms with van der Waals surface area (Å²) in [6.45, 7) is 12.0. The van der Waals surface area contributed by atoms with Crippen molar-refractivity contribution in [3.05, 3.63) is 66.2 Å². The van der Waals surface area contributed by atoms with Gasteiger partial charge in [-0.15, -0.1) is 5.04 Å². The van der Waals surface area contributed by atoms with E-state index < -0.39 is 9.52 Å². The Morgan fingerprint density at radius 3 is 2.00 bits per heavy atom. The van der Waals surface area contributed by atoms with Crippen LogP contribution in [-0.4, -0.2) is 9.52 Å². The van der Waals surface area contributed by atoms with Crippen LogP contribution in [0, 0.1) is 11.3 Å². The normalized spacial score (nSPS) is 15.5. The third-order valence-electron chi connectivity index (χ3n) is 4.81. The van der Waals surface area contributed by atoms with E-state index in [0.29, 0.717) is 0 Å². The summed E-state index contributed by atoms with van der Waals surface area (Å²) in [6.07, 6.45) is 9.23. The number of benzene rings is 1. The van der Waals surface area contributed by atoms with Gasteiger partial charge in [-0.3, -0.25) is 0 Å². The molecule has 0 fully saturated rings. The van der Waals surface area contributed by atoms with E-state index in [1.54, 1.807) is 16.7 Å². The molecule has 0 saturated carbocycles. The zero-order chi connectivity index (χ0) is 15.5. The van der Waals surface area contributed by atoms with Gasteiger partial charge in [0.25, 0.3) is 0 Å². The van der Waals surface area contributed by atoms with Crippen molar-refractivity contribution in [1.82, 2.24) is 0 Å². The molecule has 0 saturated heterocycles. The molecule has 0 radical (unpaired) electrons. The first-order chi connectivity index (χ1) is 9.88. The molecule has 1 atom stereocenters. The second kappa shape index (κ2) is 12.7. The van der Waals surface area contributed by atoms with Crippen LogP contribution in [0.25, 0.3) is 6.15 Å². The summed E-state index contributed by atoms with van der Waals surface area (Å²) in [6, 6.07) is 11.1. The fourth-order valence-corrected chi connectivity index (χ4v) is 6.83. The van der Waals surface area contributed by atoms with E-state index in [9.17, 15) is 0 Å². The Kier molecular flexibility index (Phi) is 15.2. The molecule has 1 aromatic carbocycles. The first kappa shape index (κ1) is 30.1. The maximum Gasteiger partial charge on any atom is 4.00 e. The fourth-order valence-electron chi connectivity index (χ4n) is 4.02. The average Bonchev–Trinajstić information content (AvgIpc) is 2.93. The summed E-state index contributed by atoms with van der Waals surface area (Å²) in [5.41, 5.74) is 1.90. The van der Waals surface area contributed by atoms with Gasteiger partial charge in [-0.05, 0) is 6.42 Å². The Labute approximate surface area is 188 Å². The SMILES string of the molecule is CC[C-](C(C)(C)C)C(C)([SiH2]c1ccccc1)C1=CC=CC1.[Cl-].[Cl-].[Hf+4].[NH2-]. The Balaban J connectivity index is -0.00000121. The van der Waals surface area contributed by atoms with E-state index in [0.717, 1.165) is 6.42 Å². The van der Waals surface area contributed by atoms with Crippen molar-refractivity contribution >= 4 is 14.7 Å². The van der Waals surface area contributed by atoms with Crippen molar-refractivity contribution < 1.29 is 50.7 Å². The summed E-state index contributed by atoms with van der Waals surface area (Å²) < 4.78 is 0. The van der Waals surface area contributed by atoms with Gasteiger partial charge in [0.1, 0.15) is 0 Å². The van der Waals surface area contributed by atoms with Crippen LogP contribution in [0.4, 0.5) is 0 Å². The zero-order valence-electron chi connectivity index (χ0n) is 16.1. The molecular formula is C20H31Cl2HfNSi. The van der Waals surface area contributed by atoms with Gasteiger partial charge in [0.2, 0.25) is 0 Å².